The SMILES string of the molecule is Cc1cc(C)cc(OCC(=O)Nc2ccc(S(=O)(=O)N(C)C(C)C)cc2)c1. The summed E-state index contributed by atoms with van der Waals surface area (Å²) in [6.45, 7) is 7.42. The second-order valence-corrected chi connectivity index (χ2v) is 8.80. The van der Waals surface area contributed by atoms with Crippen molar-refractivity contribution in [3.63, 3.8) is 0 Å². The van der Waals surface area contributed by atoms with E-state index in [1.165, 1.54) is 16.4 Å². The number of nitrogens with one attached hydrogen (secondary N) is 1. The molecule has 0 heterocycles. The van der Waals surface area contributed by atoms with Crippen LogP contribution in [0.3, 0.4) is 0 Å². The smallest absolute Gasteiger partial charge is 0.262 e. The molecule has 0 radical (unpaired) electrons. The topological polar surface area (TPSA) is 75.7 Å². The van der Waals surface area contributed by atoms with E-state index in [-0.39, 0.29) is 23.5 Å². The highest BCUT2D eigenvalue weighted by atomic mass is 32.2. The number of benzene rings is 2. The van der Waals surface area contributed by atoms with Crippen molar-refractivity contribution in [1.82, 2.24) is 4.31 Å². The third kappa shape index (κ3) is 5.55. The van der Waals surface area contributed by atoms with Crippen molar-refractivity contribution >= 4 is 21.6 Å². The molecule has 2 aromatic carbocycles. The van der Waals surface area contributed by atoms with Crippen LogP contribution in [0.15, 0.2) is 47.4 Å². The Balaban J connectivity index is 1.98. The number of nitrogens with zero attached hydrogens (tertiary/aromatic N) is 1. The summed E-state index contributed by atoms with van der Waals surface area (Å²) in [5, 5.41) is 2.70. The summed E-state index contributed by atoms with van der Waals surface area (Å²) < 4.78 is 31.7. The Labute approximate surface area is 161 Å². The maximum atomic E-state index is 12.4. The monoisotopic (exact) mass is 390 g/mol. The van der Waals surface area contributed by atoms with Crippen molar-refractivity contribution < 1.29 is 17.9 Å². The second kappa shape index (κ2) is 8.54. The molecule has 0 aliphatic rings. The van der Waals surface area contributed by atoms with Crippen molar-refractivity contribution in [1.29, 1.82) is 0 Å². The molecule has 2 rings (SSSR count). The van der Waals surface area contributed by atoms with E-state index < -0.39 is 10.0 Å². The van der Waals surface area contributed by atoms with Gasteiger partial charge in [0.25, 0.3) is 5.91 Å². The van der Waals surface area contributed by atoms with E-state index in [4.69, 9.17) is 4.74 Å². The molecule has 146 valence electrons. The number of hydrogen-bond acceptors (Lipinski definition) is 4. The first-order valence-electron chi connectivity index (χ1n) is 8.68. The number of carbonyl (C=O) groups excluding carboxylic acids is 1. The number of amides is 1. The minimum atomic E-state index is -3.54. The summed E-state index contributed by atoms with van der Waals surface area (Å²) in [7, 11) is -2.00. The zero-order chi connectivity index (χ0) is 20.2. The number of aryl methyl sites for hydroxylation is 2. The molecule has 0 saturated heterocycles. The van der Waals surface area contributed by atoms with Gasteiger partial charge in [0.15, 0.2) is 6.61 Å². The highest BCUT2D eigenvalue weighted by Gasteiger charge is 2.22. The van der Waals surface area contributed by atoms with Gasteiger partial charge in [0.2, 0.25) is 10.0 Å². The maximum absolute atomic E-state index is 12.4. The number of hydrogen-bond donors (Lipinski definition) is 1. The molecule has 6 nitrogen and oxygen atoms in total. The van der Waals surface area contributed by atoms with Gasteiger partial charge in [-0.15, -0.1) is 0 Å². The van der Waals surface area contributed by atoms with E-state index in [9.17, 15) is 13.2 Å². The Morgan fingerprint density at radius 1 is 1.07 bits per heavy atom. The van der Waals surface area contributed by atoms with Crippen molar-refractivity contribution in [2.45, 2.75) is 38.6 Å². The summed E-state index contributed by atoms with van der Waals surface area (Å²) in [6, 6.07) is 11.7. The summed E-state index contributed by atoms with van der Waals surface area (Å²) in [4.78, 5) is 12.3. The van der Waals surface area contributed by atoms with Crippen molar-refractivity contribution in [2.24, 2.45) is 0 Å². The fourth-order valence-electron chi connectivity index (χ4n) is 2.52. The van der Waals surface area contributed by atoms with Gasteiger partial charge in [0.1, 0.15) is 5.75 Å². The quantitative estimate of drug-likeness (QED) is 0.787. The summed E-state index contributed by atoms with van der Waals surface area (Å²) in [5.74, 6) is 0.324. The van der Waals surface area contributed by atoms with Crippen LogP contribution in [-0.4, -0.2) is 38.3 Å². The van der Waals surface area contributed by atoms with Gasteiger partial charge in [0, 0.05) is 18.8 Å². The fourth-order valence-corrected chi connectivity index (χ4v) is 3.88. The Hall–Kier alpha value is -2.38. The highest BCUT2D eigenvalue weighted by molar-refractivity contribution is 7.89. The van der Waals surface area contributed by atoms with Crippen LogP contribution in [-0.2, 0) is 14.8 Å². The zero-order valence-electron chi connectivity index (χ0n) is 16.3. The molecule has 2 aromatic rings. The van der Waals surface area contributed by atoms with E-state index in [2.05, 4.69) is 5.32 Å². The molecule has 0 saturated carbocycles. The Morgan fingerprint density at radius 2 is 1.63 bits per heavy atom. The van der Waals surface area contributed by atoms with Crippen molar-refractivity contribution in [3.05, 3.63) is 53.6 Å². The van der Waals surface area contributed by atoms with Gasteiger partial charge in [-0.05, 0) is 75.2 Å². The molecule has 0 bridgehead atoms. The first-order chi connectivity index (χ1) is 12.6. The number of sulfonamides is 1. The minimum absolute atomic E-state index is 0.126. The van der Waals surface area contributed by atoms with Gasteiger partial charge in [-0.3, -0.25) is 4.79 Å². The third-order valence-electron chi connectivity index (χ3n) is 4.11. The van der Waals surface area contributed by atoms with Crippen molar-refractivity contribution in [3.8, 4) is 5.75 Å². The summed E-state index contributed by atoms with van der Waals surface area (Å²) >= 11 is 0. The van der Waals surface area contributed by atoms with Crippen LogP contribution in [0.1, 0.15) is 25.0 Å². The number of rotatable bonds is 7. The first-order valence-corrected chi connectivity index (χ1v) is 10.1. The molecule has 0 atom stereocenters. The van der Waals surface area contributed by atoms with Crippen LogP contribution < -0.4 is 10.1 Å². The number of carbonyl (C=O) groups is 1. The van der Waals surface area contributed by atoms with E-state index in [1.54, 1.807) is 19.2 Å². The molecule has 1 amide bonds. The summed E-state index contributed by atoms with van der Waals surface area (Å²) in [6.07, 6.45) is 0. The zero-order valence-corrected chi connectivity index (χ0v) is 17.1. The lowest BCUT2D eigenvalue weighted by molar-refractivity contribution is -0.118. The van der Waals surface area contributed by atoms with Crippen molar-refractivity contribution in [2.75, 3.05) is 19.0 Å². The molecule has 27 heavy (non-hydrogen) atoms. The molecular formula is C20H26N2O4S. The first kappa shape index (κ1) is 20.9. The molecule has 0 fully saturated rings. The lowest BCUT2D eigenvalue weighted by Crippen LogP contribution is -2.33. The predicted molar refractivity (Wildman–Crippen MR) is 107 cm³/mol. The molecule has 0 aliphatic heterocycles. The lowest BCUT2D eigenvalue weighted by Gasteiger charge is -2.21. The third-order valence-corrected chi connectivity index (χ3v) is 6.16. The Morgan fingerprint density at radius 3 is 2.15 bits per heavy atom. The minimum Gasteiger partial charge on any atom is -0.484 e. The van der Waals surface area contributed by atoms with Gasteiger partial charge in [-0.1, -0.05) is 6.07 Å². The lowest BCUT2D eigenvalue weighted by atomic mass is 10.1. The standard InChI is InChI=1S/C20H26N2O4S/c1-14(2)22(5)27(24,25)19-8-6-17(7-9-19)21-20(23)13-26-18-11-15(3)10-16(4)12-18/h6-12,14H,13H2,1-5H3,(H,21,23). The average molecular weight is 391 g/mol. The molecular weight excluding hydrogens is 364 g/mol. The molecule has 7 heteroatoms. The fraction of sp³-hybridized carbons (Fsp3) is 0.350. The van der Waals surface area contributed by atoms with Gasteiger partial charge in [0.05, 0.1) is 4.90 Å². The largest absolute Gasteiger partial charge is 0.484 e. The van der Waals surface area contributed by atoms with E-state index >= 15 is 0 Å². The molecule has 0 aliphatic carbocycles. The van der Waals surface area contributed by atoms with E-state index in [1.807, 2.05) is 45.9 Å². The van der Waals surface area contributed by atoms with E-state index in [0.717, 1.165) is 11.1 Å². The van der Waals surface area contributed by atoms with Gasteiger partial charge in [-0.2, -0.15) is 4.31 Å². The predicted octanol–water partition coefficient (Wildman–Crippen LogP) is 3.35. The molecule has 0 aromatic heterocycles. The van der Waals surface area contributed by atoms with Crippen LogP contribution in [0.2, 0.25) is 0 Å². The summed E-state index contributed by atoms with van der Waals surface area (Å²) in [5.41, 5.74) is 2.64. The second-order valence-electron chi connectivity index (χ2n) is 6.80. The van der Waals surface area contributed by atoms with Crippen LogP contribution in [0.25, 0.3) is 0 Å². The Bertz CT molecular complexity index is 886. The molecule has 0 spiro atoms. The normalized spacial score (nSPS) is 11.7. The number of anilines is 1. The molecule has 1 N–H and O–H groups in total. The maximum Gasteiger partial charge on any atom is 0.262 e. The number of ether oxygens (including phenoxy) is 1. The van der Waals surface area contributed by atoms with Gasteiger partial charge in [-0.25, -0.2) is 8.42 Å². The van der Waals surface area contributed by atoms with E-state index in [0.29, 0.717) is 11.4 Å². The Kier molecular flexibility index (Phi) is 6.62. The molecule has 0 unspecified atom stereocenters. The highest BCUT2D eigenvalue weighted by Crippen LogP contribution is 2.19. The van der Waals surface area contributed by atoms with Crippen LogP contribution in [0.4, 0.5) is 5.69 Å². The van der Waals surface area contributed by atoms with Gasteiger partial charge >= 0.3 is 0 Å². The van der Waals surface area contributed by atoms with Crippen LogP contribution in [0, 0.1) is 13.8 Å². The van der Waals surface area contributed by atoms with Crippen LogP contribution >= 0.6 is 0 Å². The van der Waals surface area contributed by atoms with Crippen LogP contribution in [0.5, 0.6) is 5.75 Å². The average Bonchev–Trinajstić information content (AvgIpc) is 2.59. The van der Waals surface area contributed by atoms with Gasteiger partial charge < -0.3 is 10.1 Å².